The van der Waals surface area contributed by atoms with Gasteiger partial charge in [0.15, 0.2) is 5.71 Å². The van der Waals surface area contributed by atoms with Crippen molar-refractivity contribution in [3.8, 4) is 0 Å². The number of fused-ring (bicyclic) bond motifs is 4. The van der Waals surface area contributed by atoms with Crippen molar-refractivity contribution >= 4 is 62.2 Å². The monoisotopic (exact) mass is 1040 g/mol. The molecule has 0 saturated heterocycles. The van der Waals surface area contributed by atoms with E-state index in [0.717, 1.165) is 13.1 Å². The van der Waals surface area contributed by atoms with Crippen molar-refractivity contribution in [1.82, 2.24) is 0 Å². The van der Waals surface area contributed by atoms with E-state index in [4.69, 9.17) is 0 Å². The second-order valence-corrected chi connectivity index (χ2v) is 16.7. The van der Waals surface area contributed by atoms with Crippen molar-refractivity contribution < 1.29 is 57.1 Å². The fourth-order valence-corrected chi connectivity index (χ4v) is 10.3. The SMILES string of the molecule is C.C.C.C.CCN1C(=CC=Cc2sc3ccccc3[n+]2CC)Sc2ccccc21.CN1C(=CC=CC2=[N+](C)c3ccccc3C2(C)C)C(C)(C)c2ccccc21.[I-].[I-]. The van der Waals surface area contributed by atoms with Gasteiger partial charge in [0.2, 0.25) is 11.2 Å². The Bertz CT molecular complexity index is 2310. The van der Waals surface area contributed by atoms with E-state index < -0.39 is 0 Å². The van der Waals surface area contributed by atoms with Gasteiger partial charge in [0.05, 0.1) is 16.1 Å². The van der Waals surface area contributed by atoms with Crippen molar-refractivity contribution in [1.29, 1.82) is 0 Å². The lowest BCUT2D eigenvalue weighted by molar-refractivity contribution is -0.665. The van der Waals surface area contributed by atoms with Gasteiger partial charge in [-0.05, 0) is 69.7 Å². The number of aryl methyl sites for hydroxylation is 1. The van der Waals surface area contributed by atoms with E-state index >= 15 is 0 Å². The number of thiazole rings is 1. The van der Waals surface area contributed by atoms with E-state index in [-0.39, 0.29) is 88.5 Å². The second kappa shape index (κ2) is 21.9. The smallest absolute Gasteiger partial charge is 0.262 e. The Morgan fingerprint density at radius 3 is 1.91 bits per heavy atom. The molecule has 4 heterocycles. The van der Waals surface area contributed by atoms with E-state index in [1.807, 2.05) is 23.1 Å². The fraction of sp³-hybridized carbons (Fsp3) is 0.320. The molecule has 0 unspecified atom stereocenters. The molecule has 0 N–H and O–H groups in total. The first-order chi connectivity index (χ1) is 25.1. The molecule has 0 spiro atoms. The largest absolute Gasteiger partial charge is 1.00 e. The molecule has 3 aliphatic rings. The molecule has 0 radical (unpaired) electrons. The zero-order valence-electron chi connectivity index (χ0n) is 32.5. The third-order valence-corrected chi connectivity index (χ3v) is 13.0. The van der Waals surface area contributed by atoms with Crippen LogP contribution in [0.15, 0.2) is 143 Å². The summed E-state index contributed by atoms with van der Waals surface area (Å²) >= 11 is 3.70. The van der Waals surface area contributed by atoms with E-state index in [1.54, 1.807) is 0 Å². The van der Waals surface area contributed by atoms with Gasteiger partial charge in [-0.3, -0.25) is 0 Å². The molecule has 5 aromatic rings. The number of benzene rings is 4. The lowest BCUT2D eigenvalue weighted by atomic mass is 9.81. The minimum Gasteiger partial charge on any atom is -1.00 e. The van der Waals surface area contributed by atoms with Gasteiger partial charge in [-0.15, -0.1) is 0 Å². The number of rotatable bonds is 6. The van der Waals surface area contributed by atoms with Gasteiger partial charge in [0.1, 0.15) is 18.3 Å². The summed E-state index contributed by atoms with van der Waals surface area (Å²) in [6, 6.07) is 34.7. The van der Waals surface area contributed by atoms with Gasteiger partial charge in [-0.25, -0.2) is 0 Å². The number of allylic oxidation sites excluding steroid dienone is 6. The van der Waals surface area contributed by atoms with Crippen LogP contribution in [0.3, 0.4) is 0 Å². The predicted octanol–water partition coefficient (Wildman–Crippen LogP) is 7.81. The average molecular weight is 1040 g/mol. The van der Waals surface area contributed by atoms with Crippen LogP contribution < -0.4 is 62.3 Å². The highest BCUT2D eigenvalue weighted by atomic mass is 127. The van der Waals surface area contributed by atoms with Crippen molar-refractivity contribution in [2.45, 2.75) is 93.5 Å². The zero-order valence-corrected chi connectivity index (χ0v) is 38.4. The standard InChI is InChI=1S/C25H29N2.C21H21N2S2.4CH4.2HI/c1-24(2)18-12-7-9-14-20(18)26(5)22(24)16-11-17-23-25(3,4)19-13-8-10-15-21(19)27(23)6;1-3-22-16-10-5-7-12-18(16)24-20(22)14-9-15-21-23(4-2)17-11-6-8-13-19(17)25-21;;;;;;/h7-17H,1-6H3;5-15H,3-4H2,1-2H3;4*1H4;2*1H/q2*+1;;;;;;/p-2. The van der Waals surface area contributed by atoms with Crippen LogP contribution in [0.25, 0.3) is 16.3 Å². The van der Waals surface area contributed by atoms with Crippen LogP contribution in [0.2, 0.25) is 0 Å². The average Bonchev–Trinajstić information content (AvgIpc) is 3.81. The van der Waals surface area contributed by atoms with Gasteiger partial charge < -0.3 is 57.8 Å². The molecule has 1 aromatic heterocycles. The Morgan fingerprint density at radius 2 is 1.26 bits per heavy atom. The summed E-state index contributed by atoms with van der Waals surface area (Å²) in [4.78, 5) is 6.04. The Balaban J connectivity index is 0.000000527. The number of halogens is 2. The third-order valence-electron chi connectivity index (χ3n) is 10.8. The van der Waals surface area contributed by atoms with Crippen LogP contribution in [-0.2, 0) is 17.4 Å². The maximum atomic E-state index is 2.38. The molecule has 0 saturated carbocycles. The molecule has 0 fully saturated rings. The van der Waals surface area contributed by atoms with E-state index in [9.17, 15) is 0 Å². The number of anilines is 2. The molecule has 4 aromatic carbocycles. The van der Waals surface area contributed by atoms with Crippen molar-refractivity contribution in [3.05, 3.63) is 154 Å². The van der Waals surface area contributed by atoms with E-state index in [0.29, 0.717) is 0 Å². The Hall–Kier alpha value is -3.19. The van der Waals surface area contributed by atoms with Gasteiger partial charge in [-0.2, -0.15) is 9.14 Å². The van der Waals surface area contributed by atoms with Crippen LogP contribution in [0.4, 0.5) is 17.1 Å². The summed E-state index contributed by atoms with van der Waals surface area (Å²) < 4.78 is 6.04. The normalized spacial score (nSPS) is 16.6. The maximum Gasteiger partial charge on any atom is 0.262 e. The highest BCUT2D eigenvalue weighted by Crippen LogP contribution is 2.47. The third kappa shape index (κ3) is 9.71. The quantitative estimate of drug-likeness (QED) is 0.128. The molecule has 0 aliphatic carbocycles. The fourth-order valence-electron chi connectivity index (χ4n) is 8.05. The highest BCUT2D eigenvalue weighted by molar-refractivity contribution is 8.03. The number of likely N-dealkylation sites (N-methyl/N-ethyl adjacent to an activating group) is 1. The van der Waals surface area contributed by atoms with E-state index in [2.05, 4.69) is 208 Å². The minimum absolute atomic E-state index is 0. The molecule has 8 rings (SSSR count). The topological polar surface area (TPSA) is 13.4 Å². The summed E-state index contributed by atoms with van der Waals surface area (Å²) in [5.41, 5.74) is 10.7. The molecule has 4 nitrogen and oxygen atoms in total. The predicted molar refractivity (Wildman–Crippen MR) is 252 cm³/mol. The van der Waals surface area contributed by atoms with Crippen LogP contribution in [0.5, 0.6) is 0 Å². The molecule has 0 amide bonds. The van der Waals surface area contributed by atoms with E-state index in [1.165, 1.54) is 64.7 Å². The van der Waals surface area contributed by atoms with Crippen LogP contribution >= 0.6 is 23.1 Å². The minimum atomic E-state index is 0. The van der Waals surface area contributed by atoms with Crippen molar-refractivity contribution in [2.75, 3.05) is 30.4 Å². The number of hydrogen-bond donors (Lipinski definition) is 0. The summed E-state index contributed by atoms with van der Waals surface area (Å²) in [5, 5.41) is 2.59. The van der Waals surface area contributed by atoms with Crippen LogP contribution in [-0.4, -0.2) is 30.9 Å². The van der Waals surface area contributed by atoms with Crippen molar-refractivity contribution in [2.24, 2.45) is 0 Å². The lowest BCUT2D eigenvalue weighted by Crippen LogP contribution is -3.00. The number of aromatic nitrogens is 1. The molecule has 58 heavy (non-hydrogen) atoms. The van der Waals surface area contributed by atoms with Gasteiger partial charge >= 0.3 is 0 Å². The Morgan fingerprint density at radius 1 is 0.672 bits per heavy atom. The number of para-hydroxylation sites is 4. The summed E-state index contributed by atoms with van der Waals surface area (Å²) in [6.45, 7) is 15.6. The van der Waals surface area contributed by atoms with Crippen LogP contribution in [0.1, 0.15) is 87.4 Å². The second-order valence-electron chi connectivity index (χ2n) is 14.5. The summed E-state index contributed by atoms with van der Waals surface area (Å²) in [6.07, 6.45) is 13.4. The molecule has 0 atom stereocenters. The van der Waals surface area contributed by atoms with Gasteiger partial charge in [0.25, 0.3) is 5.01 Å². The lowest BCUT2D eigenvalue weighted by Gasteiger charge is -2.23. The molecule has 8 heteroatoms. The first-order valence-corrected chi connectivity index (χ1v) is 20.0. The van der Waals surface area contributed by atoms with Gasteiger partial charge in [-0.1, -0.05) is 139 Å². The number of thioether (sulfide) groups is 1. The zero-order chi connectivity index (χ0) is 36.6. The Labute approximate surface area is 394 Å². The molecule has 312 valence electrons. The molecular weight excluding hydrogens is 975 g/mol. The number of hydrogen-bond acceptors (Lipinski definition) is 4. The summed E-state index contributed by atoms with van der Waals surface area (Å²) in [7, 11) is 4.34. The molecule has 3 aliphatic heterocycles. The van der Waals surface area contributed by atoms with Crippen molar-refractivity contribution in [3.63, 3.8) is 0 Å². The van der Waals surface area contributed by atoms with Gasteiger partial charge in [0, 0.05) is 65.1 Å². The first-order valence-electron chi connectivity index (χ1n) is 18.3. The first kappa shape index (κ1) is 52.8. The molecule has 0 bridgehead atoms. The highest BCUT2D eigenvalue weighted by Gasteiger charge is 2.43. The Kier molecular flexibility index (Phi) is 19.9. The van der Waals surface area contributed by atoms with Crippen LogP contribution in [0, 0.1) is 0 Å². The molecular formula is C50H66I2N4S2. The number of nitrogens with zero attached hydrogens (tertiary/aromatic N) is 4. The summed E-state index contributed by atoms with van der Waals surface area (Å²) in [5.74, 6) is 0. The maximum absolute atomic E-state index is 2.38.